The van der Waals surface area contributed by atoms with E-state index in [0.717, 1.165) is 89.5 Å². The zero-order valence-corrected chi connectivity index (χ0v) is 35.3. The van der Waals surface area contributed by atoms with Gasteiger partial charge in [-0.3, -0.25) is 14.5 Å². The van der Waals surface area contributed by atoms with E-state index in [0.29, 0.717) is 18.9 Å². The first kappa shape index (κ1) is 41.2. The van der Waals surface area contributed by atoms with Crippen molar-refractivity contribution in [3.8, 4) is 33.6 Å². The third-order valence-electron chi connectivity index (χ3n) is 12.3. The minimum absolute atomic E-state index is 0.100. The van der Waals surface area contributed by atoms with Crippen molar-refractivity contribution in [2.24, 2.45) is 7.05 Å². The molecule has 0 radical (unpaired) electrons. The molecule has 2 saturated heterocycles. The number of H-pyrrole nitrogens is 2. The quantitative estimate of drug-likeness (QED) is 0.104. The number of carbonyl (C=O) groups excluding carboxylic acids is 3. The van der Waals surface area contributed by atoms with Crippen molar-refractivity contribution in [1.82, 2.24) is 49.5 Å². The predicted molar refractivity (Wildman–Crippen MR) is 233 cm³/mol. The molecule has 61 heavy (non-hydrogen) atoms. The molecule has 2 fully saturated rings. The fourth-order valence-electron chi connectivity index (χ4n) is 8.90. The predicted octanol–water partition coefficient (Wildman–Crippen LogP) is 7.24. The number of rotatable bonds is 14. The SMILES string of the molecule is CCN(CC)[C@H](C(=O)N1CCC[C@H]1c1ncc(-c2ccc(-c3ccc(-c4cnc([C@@H]5CCCN5C(=O)[C@H](Cc5cncn5C)NC(=O)OC)[nH]4)cc3)cc2)[nH]1)c1ccccc1. The molecule has 5 heterocycles. The summed E-state index contributed by atoms with van der Waals surface area (Å²) in [6.07, 6.45) is 10.1. The largest absolute Gasteiger partial charge is 0.453 e. The van der Waals surface area contributed by atoms with Crippen LogP contribution in [-0.2, 0) is 27.8 Å². The Hall–Kier alpha value is -6.54. The minimum Gasteiger partial charge on any atom is -0.453 e. The first-order valence-electron chi connectivity index (χ1n) is 21.3. The Labute approximate surface area is 356 Å². The van der Waals surface area contributed by atoms with E-state index >= 15 is 0 Å². The van der Waals surface area contributed by atoms with Gasteiger partial charge in [-0.15, -0.1) is 0 Å². The van der Waals surface area contributed by atoms with E-state index in [2.05, 4.69) is 99.7 Å². The van der Waals surface area contributed by atoms with Gasteiger partial charge in [-0.2, -0.15) is 0 Å². The normalized spacial score (nSPS) is 17.5. The third-order valence-corrected chi connectivity index (χ3v) is 12.3. The van der Waals surface area contributed by atoms with Crippen molar-refractivity contribution in [3.63, 3.8) is 0 Å². The average Bonchev–Trinajstić information content (AvgIpc) is 4.16. The van der Waals surface area contributed by atoms with E-state index in [-0.39, 0.29) is 36.4 Å². The fourth-order valence-corrected chi connectivity index (χ4v) is 8.90. The molecule has 0 spiro atoms. The minimum atomic E-state index is -0.812. The summed E-state index contributed by atoms with van der Waals surface area (Å²) in [5, 5.41) is 2.73. The number of hydrogen-bond donors (Lipinski definition) is 3. The van der Waals surface area contributed by atoms with Crippen LogP contribution >= 0.6 is 0 Å². The van der Waals surface area contributed by atoms with E-state index in [1.54, 1.807) is 17.4 Å². The summed E-state index contributed by atoms with van der Waals surface area (Å²) in [6.45, 7) is 7.07. The number of amides is 3. The van der Waals surface area contributed by atoms with E-state index < -0.39 is 12.1 Å². The smallest absolute Gasteiger partial charge is 0.407 e. The van der Waals surface area contributed by atoms with Crippen LogP contribution in [0.2, 0.25) is 0 Å². The highest BCUT2D eigenvalue weighted by atomic mass is 16.5. The van der Waals surface area contributed by atoms with Crippen LogP contribution in [0.3, 0.4) is 0 Å². The lowest BCUT2D eigenvalue weighted by molar-refractivity contribution is -0.138. The lowest BCUT2D eigenvalue weighted by atomic mass is 10.0. The average molecular weight is 823 g/mol. The van der Waals surface area contributed by atoms with Crippen LogP contribution in [-0.4, -0.2) is 101 Å². The van der Waals surface area contributed by atoms with Gasteiger partial charge in [-0.1, -0.05) is 92.7 Å². The number of aromatic amines is 2. The maximum Gasteiger partial charge on any atom is 0.407 e. The molecule has 2 aliphatic rings. The molecule has 0 bridgehead atoms. The van der Waals surface area contributed by atoms with Crippen molar-refractivity contribution in [2.75, 3.05) is 33.3 Å². The fraction of sp³-hybridized carbons (Fsp3) is 0.362. The Balaban J connectivity index is 0.925. The highest BCUT2D eigenvalue weighted by Gasteiger charge is 2.39. The number of ether oxygens (including phenoxy) is 1. The maximum atomic E-state index is 14.2. The monoisotopic (exact) mass is 822 g/mol. The molecule has 3 amide bonds. The van der Waals surface area contributed by atoms with Crippen LogP contribution in [0.1, 0.15) is 80.6 Å². The van der Waals surface area contributed by atoms with Crippen LogP contribution in [0, 0.1) is 0 Å². The van der Waals surface area contributed by atoms with E-state index in [4.69, 9.17) is 14.7 Å². The Bertz CT molecular complexity index is 2420. The van der Waals surface area contributed by atoms with Gasteiger partial charge in [0.1, 0.15) is 23.7 Å². The van der Waals surface area contributed by atoms with Crippen molar-refractivity contribution in [2.45, 2.75) is 70.1 Å². The summed E-state index contributed by atoms with van der Waals surface area (Å²) in [4.78, 5) is 67.2. The number of benzene rings is 3. The topological polar surface area (TPSA) is 157 Å². The number of imidazole rings is 3. The van der Waals surface area contributed by atoms with Gasteiger partial charge in [-0.25, -0.2) is 19.7 Å². The molecule has 14 heteroatoms. The molecule has 2 aliphatic heterocycles. The number of carbonyl (C=O) groups is 3. The van der Waals surface area contributed by atoms with Gasteiger partial charge in [0, 0.05) is 38.4 Å². The second-order valence-electron chi connectivity index (χ2n) is 15.8. The molecule has 4 atom stereocenters. The van der Waals surface area contributed by atoms with Crippen molar-refractivity contribution in [3.05, 3.63) is 127 Å². The summed E-state index contributed by atoms with van der Waals surface area (Å²) in [5.41, 5.74) is 7.78. The van der Waals surface area contributed by atoms with Crippen LogP contribution < -0.4 is 5.32 Å². The molecule has 0 unspecified atom stereocenters. The first-order chi connectivity index (χ1) is 29.8. The Kier molecular flexibility index (Phi) is 12.4. The van der Waals surface area contributed by atoms with Crippen LogP contribution in [0.5, 0.6) is 0 Å². The summed E-state index contributed by atoms with van der Waals surface area (Å²) < 4.78 is 6.68. The number of hydrogen-bond acceptors (Lipinski definition) is 8. The molecule has 6 aromatic rings. The number of aryl methyl sites for hydroxylation is 1. The Morgan fingerprint density at radius 2 is 1.28 bits per heavy atom. The van der Waals surface area contributed by atoms with Gasteiger partial charge in [0.2, 0.25) is 11.8 Å². The summed E-state index contributed by atoms with van der Waals surface area (Å²) >= 11 is 0. The van der Waals surface area contributed by atoms with Gasteiger partial charge < -0.3 is 34.4 Å². The second kappa shape index (κ2) is 18.4. The van der Waals surface area contributed by atoms with Crippen LogP contribution in [0.4, 0.5) is 4.79 Å². The van der Waals surface area contributed by atoms with E-state index in [1.165, 1.54) is 7.11 Å². The molecule has 14 nitrogen and oxygen atoms in total. The number of nitrogens with zero attached hydrogens (tertiary/aromatic N) is 7. The number of alkyl carbamates (subject to hydrolysis) is 1. The second-order valence-corrected chi connectivity index (χ2v) is 15.8. The highest BCUT2D eigenvalue weighted by molar-refractivity contribution is 5.86. The lowest BCUT2D eigenvalue weighted by Crippen LogP contribution is -2.49. The van der Waals surface area contributed by atoms with Gasteiger partial charge in [0.15, 0.2) is 0 Å². The molecule has 316 valence electrons. The third kappa shape index (κ3) is 8.71. The highest BCUT2D eigenvalue weighted by Crippen LogP contribution is 2.37. The zero-order chi connectivity index (χ0) is 42.5. The maximum absolute atomic E-state index is 14.2. The van der Waals surface area contributed by atoms with E-state index in [9.17, 15) is 14.4 Å². The van der Waals surface area contributed by atoms with E-state index in [1.807, 2.05) is 47.1 Å². The number of aromatic nitrogens is 6. The molecule has 0 aliphatic carbocycles. The molecule has 8 rings (SSSR count). The van der Waals surface area contributed by atoms with Crippen molar-refractivity contribution >= 4 is 17.9 Å². The summed E-state index contributed by atoms with van der Waals surface area (Å²) in [5.74, 6) is 1.47. The van der Waals surface area contributed by atoms with Crippen LogP contribution in [0.25, 0.3) is 33.6 Å². The molecular weight excluding hydrogens is 769 g/mol. The van der Waals surface area contributed by atoms with Gasteiger partial charge >= 0.3 is 6.09 Å². The molecular formula is C47H54N10O4. The molecule has 0 saturated carbocycles. The molecule has 3 aromatic heterocycles. The van der Waals surface area contributed by atoms with Crippen molar-refractivity contribution in [1.29, 1.82) is 0 Å². The lowest BCUT2D eigenvalue weighted by Gasteiger charge is -2.34. The Morgan fingerprint density at radius 3 is 1.77 bits per heavy atom. The number of likely N-dealkylation sites (tertiary alicyclic amines) is 2. The summed E-state index contributed by atoms with van der Waals surface area (Å²) in [7, 11) is 3.14. The Morgan fingerprint density at radius 1 is 0.754 bits per heavy atom. The number of nitrogens with one attached hydrogen (secondary N) is 3. The number of methoxy groups -OCH3 is 1. The van der Waals surface area contributed by atoms with Gasteiger partial charge in [0.05, 0.1) is 49.3 Å². The zero-order valence-electron chi connectivity index (χ0n) is 35.3. The first-order valence-corrected chi connectivity index (χ1v) is 21.3. The number of likely N-dealkylation sites (N-methyl/N-ethyl adjacent to an activating group) is 1. The molecule has 3 aromatic carbocycles. The molecule has 3 N–H and O–H groups in total. The van der Waals surface area contributed by atoms with Crippen molar-refractivity contribution < 1.29 is 19.1 Å². The summed E-state index contributed by atoms with van der Waals surface area (Å²) in [6, 6.07) is 25.4. The van der Waals surface area contributed by atoms with Gasteiger partial charge in [-0.05, 0) is 66.6 Å². The standard InChI is InChI=1S/C47H54N10O4/c1-5-55(6-2)42(35-12-8-7-9-13-35)46(59)57-25-11-15-41(57)44-50-29-39(52-44)34-22-18-32(19-23-34)31-16-20-33(21-17-31)38-28-49-43(51-38)40-14-10-24-56(40)45(58)37(53-47(60)61-4)26-36-27-48-30-54(36)3/h7-9,12-13,16-23,27-30,37,40-42H,5-6,10-11,14-15,24-26H2,1-4H3,(H,49,51)(H,50,52)(H,53,60)/t37-,40-,41-,42-/m0/s1. The van der Waals surface area contributed by atoms with Crippen LogP contribution in [0.15, 0.2) is 104 Å². The van der Waals surface area contributed by atoms with Gasteiger partial charge in [0.25, 0.3) is 0 Å².